The molecule has 4 N–H and O–H groups in total. The number of hydrogen-bond acceptors (Lipinski definition) is 5. The Morgan fingerprint density at radius 3 is 2.68 bits per heavy atom. The largest absolute Gasteiger partial charge is 0.387 e. The van der Waals surface area contributed by atoms with Gasteiger partial charge in [-0.1, -0.05) is 30.3 Å². The van der Waals surface area contributed by atoms with Crippen LogP contribution < -0.4 is 10.6 Å². The molecular weight excluding hydrogens is 390 g/mol. The number of pyridine rings is 1. The van der Waals surface area contributed by atoms with Gasteiger partial charge in [0.15, 0.2) is 0 Å². The smallest absolute Gasteiger partial charge is 0.231 e. The SMILES string of the molecule is O=C(Cc1nc2ccccc2[nH]1)Nc1ccc(CCNC[C@H](O)c2cccnc2)cc1. The molecule has 2 aromatic heterocycles. The van der Waals surface area contributed by atoms with Crippen molar-refractivity contribution in [3.05, 3.63) is 90.0 Å². The maximum atomic E-state index is 12.3. The van der Waals surface area contributed by atoms with Gasteiger partial charge in [0, 0.05) is 30.2 Å². The van der Waals surface area contributed by atoms with E-state index in [0.29, 0.717) is 12.4 Å². The van der Waals surface area contributed by atoms with Crippen LogP contribution in [0.15, 0.2) is 73.1 Å². The Bertz CT molecular complexity index is 1090. The molecule has 0 unspecified atom stereocenters. The van der Waals surface area contributed by atoms with Crippen LogP contribution in [-0.2, 0) is 17.6 Å². The number of carbonyl (C=O) groups excluding carboxylic acids is 1. The van der Waals surface area contributed by atoms with Crippen LogP contribution in [0.2, 0.25) is 0 Å². The number of aromatic nitrogens is 3. The van der Waals surface area contributed by atoms with E-state index in [-0.39, 0.29) is 12.3 Å². The number of nitrogens with zero attached hydrogens (tertiary/aromatic N) is 2. The van der Waals surface area contributed by atoms with Crippen LogP contribution in [0, 0.1) is 0 Å². The maximum absolute atomic E-state index is 12.3. The van der Waals surface area contributed by atoms with Crippen LogP contribution in [-0.4, -0.2) is 39.1 Å². The van der Waals surface area contributed by atoms with Crippen molar-refractivity contribution in [2.75, 3.05) is 18.4 Å². The predicted octanol–water partition coefficient (Wildman–Crippen LogP) is 3.00. The van der Waals surface area contributed by atoms with E-state index in [2.05, 4.69) is 25.6 Å². The molecule has 1 amide bonds. The van der Waals surface area contributed by atoms with Gasteiger partial charge in [-0.25, -0.2) is 4.98 Å². The second-order valence-corrected chi connectivity index (χ2v) is 7.38. The molecule has 31 heavy (non-hydrogen) atoms. The second kappa shape index (κ2) is 9.97. The van der Waals surface area contributed by atoms with Gasteiger partial charge in [0.2, 0.25) is 5.91 Å². The van der Waals surface area contributed by atoms with Crippen molar-refractivity contribution < 1.29 is 9.90 Å². The highest BCUT2D eigenvalue weighted by molar-refractivity contribution is 5.92. The van der Waals surface area contributed by atoms with Crippen molar-refractivity contribution in [2.45, 2.75) is 18.9 Å². The number of fused-ring (bicyclic) bond motifs is 1. The number of para-hydroxylation sites is 2. The molecule has 2 heterocycles. The number of H-pyrrole nitrogens is 1. The Hall–Kier alpha value is -3.55. The Kier molecular flexibility index (Phi) is 6.66. The third-order valence-electron chi connectivity index (χ3n) is 5.00. The standard InChI is InChI=1S/C24H25N5O2/c30-22(18-4-3-12-25-15-18)16-26-13-11-17-7-9-19(10-8-17)27-24(31)14-23-28-20-5-1-2-6-21(20)29-23/h1-10,12,15,22,26,30H,11,13-14,16H2,(H,27,31)(H,28,29)/t22-/m0/s1. The van der Waals surface area contributed by atoms with Gasteiger partial charge in [0.1, 0.15) is 5.82 Å². The van der Waals surface area contributed by atoms with E-state index >= 15 is 0 Å². The number of rotatable bonds is 9. The topological polar surface area (TPSA) is 103 Å². The minimum Gasteiger partial charge on any atom is -0.387 e. The first kappa shape index (κ1) is 20.7. The lowest BCUT2D eigenvalue weighted by atomic mass is 10.1. The van der Waals surface area contributed by atoms with Gasteiger partial charge < -0.3 is 20.7 Å². The molecule has 4 rings (SSSR count). The summed E-state index contributed by atoms with van der Waals surface area (Å²) in [6.07, 6.45) is 3.81. The van der Waals surface area contributed by atoms with E-state index in [1.54, 1.807) is 12.4 Å². The molecule has 0 bridgehead atoms. The summed E-state index contributed by atoms with van der Waals surface area (Å²) in [5.74, 6) is 0.535. The normalized spacial score (nSPS) is 12.0. The molecule has 0 radical (unpaired) electrons. The number of imidazole rings is 1. The zero-order valence-electron chi connectivity index (χ0n) is 17.1. The maximum Gasteiger partial charge on any atom is 0.231 e. The summed E-state index contributed by atoms with van der Waals surface area (Å²) in [6.45, 7) is 1.22. The molecule has 1 atom stereocenters. The molecular formula is C24H25N5O2. The molecule has 0 saturated heterocycles. The first-order valence-corrected chi connectivity index (χ1v) is 10.3. The van der Waals surface area contributed by atoms with E-state index in [4.69, 9.17) is 0 Å². The molecule has 0 saturated carbocycles. The average molecular weight is 415 g/mol. The summed E-state index contributed by atoms with van der Waals surface area (Å²) >= 11 is 0. The lowest BCUT2D eigenvalue weighted by molar-refractivity contribution is -0.115. The molecule has 7 nitrogen and oxygen atoms in total. The van der Waals surface area contributed by atoms with Gasteiger partial charge in [0.25, 0.3) is 0 Å². The van der Waals surface area contributed by atoms with Gasteiger partial charge >= 0.3 is 0 Å². The fraction of sp³-hybridized carbons (Fsp3) is 0.208. The van der Waals surface area contributed by atoms with Crippen molar-refractivity contribution in [1.29, 1.82) is 0 Å². The van der Waals surface area contributed by atoms with Crippen molar-refractivity contribution in [2.24, 2.45) is 0 Å². The Labute approximate surface area is 180 Å². The first-order chi connectivity index (χ1) is 15.2. The molecule has 2 aromatic carbocycles. The van der Waals surface area contributed by atoms with E-state index < -0.39 is 6.10 Å². The predicted molar refractivity (Wildman–Crippen MR) is 121 cm³/mol. The molecule has 0 spiro atoms. The summed E-state index contributed by atoms with van der Waals surface area (Å²) in [5.41, 5.74) is 4.49. The van der Waals surface area contributed by atoms with Crippen molar-refractivity contribution in [3.8, 4) is 0 Å². The average Bonchev–Trinajstić information content (AvgIpc) is 3.20. The quantitative estimate of drug-likeness (QED) is 0.315. The van der Waals surface area contributed by atoms with Crippen LogP contribution in [0.25, 0.3) is 11.0 Å². The lowest BCUT2D eigenvalue weighted by Gasteiger charge is -2.12. The summed E-state index contributed by atoms with van der Waals surface area (Å²) in [4.78, 5) is 24.0. The highest BCUT2D eigenvalue weighted by Gasteiger charge is 2.09. The molecule has 0 fully saturated rings. The zero-order chi connectivity index (χ0) is 21.5. The molecule has 0 aliphatic carbocycles. The lowest BCUT2D eigenvalue weighted by Crippen LogP contribution is -2.23. The minimum absolute atomic E-state index is 0.113. The molecule has 4 aromatic rings. The number of hydrogen-bond donors (Lipinski definition) is 4. The Morgan fingerprint density at radius 2 is 1.90 bits per heavy atom. The third kappa shape index (κ3) is 5.75. The van der Waals surface area contributed by atoms with Gasteiger partial charge in [-0.15, -0.1) is 0 Å². The number of nitrogens with one attached hydrogen (secondary N) is 3. The Morgan fingerprint density at radius 1 is 1.06 bits per heavy atom. The number of benzene rings is 2. The summed E-state index contributed by atoms with van der Waals surface area (Å²) in [5, 5.41) is 16.3. The number of carbonyl (C=O) groups is 1. The second-order valence-electron chi connectivity index (χ2n) is 7.38. The number of aliphatic hydroxyl groups is 1. The van der Waals surface area contributed by atoms with Gasteiger partial charge in [-0.3, -0.25) is 9.78 Å². The summed E-state index contributed by atoms with van der Waals surface area (Å²) in [6, 6.07) is 19.2. The number of aliphatic hydroxyl groups excluding tert-OH is 1. The van der Waals surface area contributed by atoms with Gasteiger partial charge in [-0.05, 0) is 48.9 Å². The van der Waals surface area contributed by atoms with Crippen molar-refractivity contribution >= 4 is 22.6 Å². The zero-order valence-corrected chi connectivity index (χ0v) is 17.1. The van der Waals surface area contributed by atoms with Crippen LogP contribution in [0.3, 0.4) is 0 Å². The molecule has 0 aliphatic rings. The van der Waals surface area contributed by atoms with Crippen molar-refractivity contribution in [1.82, 2.24) is 20.3 Å². The number of anilines is 1. The third-order valence-corrected chi connectivity index (χ3v) is 5.00. The Balaban J connectivity index is 1.21. The van der Waals surface area contributed by atoms with E-state index in [1.165, 1.54) is 0 Å². The minimum atomic E-state index is -0.571. The highest BCUT2D eigenvalue weighted by atomic mass is 16.3. The number of aromatic amines is 1. The molecule has 0 aliphatic heterocycles. The first-order valence-electron chi connectivity index (χ1n) is 10.3. The van der Waals surface area contributed by atoms with Crippen LogP contribution in [0.1, 0.15) is 23.1 Å². The van der Waals surface area contributed by atoms with E-state index in [0.717, 1.165) is 40.8 Å². The fourth-order valence-corrected chi connectivity index (χ4v) is 3.36. The molecule has 7 heteroatoms. The van der Waals surface area contributed by atoms with E-state index in [1.807, 2.05) is 60.7 Å². The monoisotopic (exact) mass is 415 g/mol. The van der Waals surface area contributed by atoms with Crippen LogP contribution in [0.4, 0.5) is 5.69 Å². The van der Waals surface area contributed by atoms with Crippen LogP contribution in [0.5, 0.6) is 0 Å². The number of amides is 1. The highest BCUT2D eigenvalue weighted by Crippen LogP contribution is 2.13. The summed E-state index contributed by atoms with van der Waals surface area (Å²) < 4.78 is 0. The summed E-state index contributed by atoms with van der Waals surface area (Å²) in [7, 11) is 0. The fourth-order valence-electron chi connectivity index (χ4n) is 3.36. The van der Waals surface area contributed by atoms with Gasteiger partial charge in [0.05, 0.1) is 23.6 Å². The van der Waals surface area contributed by atoms with Crippen LogP contribution >= 0.6 is 0 Å². The molecule has 158 valence electrons. The van der Waals surface area contributed by atoms with Gasteiger partial charge in [-0.2, -0.15) is 0 Å². The van der Waals surface area contributed by atoms with E-state index in [9.17, 15) is 9.90 Å². The van der Waals surface area contributed by atoms with Crippen molar-refractivity contribution in [3.63, 3.8) is 0 Å².